The van der Waals surface area contributed by atoms with Crippen LogP contribution in [0.2, 0.25) is 5.15 Å². The number of aromatic nitrogens is 2. The maximum atomic E-state index is 6.04. The zero-order valence-corrected chi connectivity index (χ0v) is 10.5. The molecule has 2 heterocycles. The van der Waals surface area contributed by atoms with Crippen molar-refractivity contribution >= 4 is 43.8 Å². The van der Waals surface area contributed by atoms with E-state index in [4.69, 9.17) is 11.6 Å². The van der Waals surface area contributed by atoms with Crippen LogP contribution in [-0.2, 0) is 0 Å². The molecule has 0 aliphatic heterocycles. The molecule has 16 heavy (non-hydrogen) atoms. The fourth-order valence-corrected chi connectivity index (χ4v) is 3.30. The summed E-state index contributed by atoms with van der Waals surface area (Å²) < 4.78 is 1.25. The smallest absolute Gasteiger partial charge is 0.157 e. The summed E-state index contributed by atoms with van der Waals surface area (Å²) in [5.41, 5.74) is 1.34. The van der Waals surface area contributed by atoms with Gasteiger partial charge < -0.3 is 0 Å². The summed E-state index contributed by atoms with van der Waals surface area (Å²) in [6.45, 7) is 4.29. The Hall–Kier alpha value is -1.19. The third-order valence-electron chi connectivity index (χ3n) is 2.94. The van der Waals surface area contributed by atoms with Crippen LogP contribution in [0.15, 0.2) is 18.3 Å². The number of halogens is 1. The molecule has 0 aliphatic carbocycles. The van der Waals surface area contributed by atoms with Gasteiger partial charge in [0.25, 0.3) is 0 Å². The molecule has 0 bridgehead atoms. The van der Waals surface area contributed by atoms with Crippen molar-refractivity contribution in [3.8, 4) is 0 Å². The molecule has 2 nitrogen and oxygen atoms in total. The van der Waals surface area contributed by atoms with Crippen molar-refractivity contribution in [2.45, 2.75) is 13.8 Å². The topological polar surface area (TPSA) is 25.8 Å². The van der Waals surface area contributed by atoms with Crippen LogP contribution in [0.3, 0.4) is 0 Å². The summed E-state index contributed by atoms with van der Waals surface area (Å²) >= 11 is 7.83. The van der Waals surface area contributed by atoms with E-state index >= 15 is 0 Å². The van der Waals surface area contributed by atoms with Gasteiger partial charge >= 0.3 is 0 Å². The van der Waals surface area contributed by atoms with Crippen molar-refractivity contribution < 1.29 is 0 Å². The highest BCUT2D eigenvalue weighted by Gasteiger charge is 2.10. The van der Waals surface area contributed by atoms with Gasteiger partial charge in [0.05, 0.1) is 6.20 Å². The molecule has 3 aromatic rings. The second-order valence-corrected chi connectivity index (χ2v) is 5.40. The molecule has 0 radical (unpaired) electrons. The molecule has 3 rings (SSSR count). The van der Waals surface area contributed by atoms with E-state index in [1.165, 1.54) is 20.5 Å². The van der Waals surface area contributed by atoms with Crippen molar-refractivity contribution in [3.63, 3.8) is 0 Å². The number of rotatable bonds is 0. The van der Waals surface area contributed by atoms with Crippen LogP contribution >= 0.6 is 22.9 Å². The molecular weight excluding hydrogens is 240 g/mol. The first-order valence-electron chi connectivity index (χ1n) is 4.98. The van der Waals surface area contributed by atoms with Gasteiger partial charge in [0.1, 0.15) is 0 Å². The van der Waals surface area contributed by atoms with Gasteiger partial charge in [-0.3, -0.25) is 0 Å². The van der Waals surface area contributed by atoms with Gasteiger partial charge in [-0.2, -0.15) is 5.10 Å². The zero-order valence-electron chi connectivity index (χ0n) is 8.91. The summed E-state index contributed by atoms with van der Waals surface area (Å²) in [4.78, 5) is 1.34. The molecule has 0 saturated heterocycles. The number of aryl methyl sites for hydroxylation is 2. The van der Waals surface area contributed by atoms with Gasteiger partial charge in [0.2, 0.25) is 0 Å². The molecule has 0 amide bonds. The lowest BCUT2D eigenvalue weighted by Crippen LogP contribution is -1.83. The number of benzene rings is 1. The Morgan fingerprint density at radius 3 is 2.69 bits per heavy atom. The molecule has 1 aromatic carbocycles. The Bertz CT molecular complexity index is 703. The Morgan fingerprint density at radius 1 is 1.12 bits per heavy atom. The fraction of sp³-hybridized carbons (Fsp3) is 0.167. The number of hydrogen-bond donors (Lipinski definition) is 0. The highest BCUT2D eigenvalue weighted by atomic mass is 35.5. The first-order chi connectivity index (χ1) is 7.68. The first-order valence-corrected chi connectivity index (χ1v) is 6.17. The maximum absolute atomic E-state index is 6.04. The Kier molecular flexibility index (Phi) is 2.13. The number of nitrogens with zero attached hydrogens (tertiary/aromatic N) is 2. The minimum Gasteiger partial charge on any atom is -0.157 e. The third-order valence-corrected chi connectivity index (χ3v) is 4.47. The summed E-state index contributed by atoms with van der Waals surface area (Å²) in [5, 5.41) is 11.6. The van der Waals surface area contributed by atoms with Gasteiger partial charge in [-0.25, -0.2) is 0 Å². The third kappa shape index (κ3) is 1.25. The van der Waals surface area contributed by atoms with Gasteiger partial charge in [-0.1, -0.05) is 23.7 Å². The lowest BCUT2D eigenvalue weighted by atomic mass is 10.1. The van der Waals surface area contributed by atoms with E-state index in [2.05, 4.69) is 30.1 Å². The van der Waals surface area contributed by atoms with E-state index in [0.717, 1.165) is 10.8 Å². The van der Waals surface area contributed by atoms with Gasteiger partial charge in [0, 0.05) is 20.3 Å². The minimum atomic E-state index is 0.475. The molecule has 0 spiro atoms. The first kappa shape index (κ1) is 10.00. The largest absolute Gasteiger partial charge is 0.159 e. The lowest BCUT2D eigenvalue weighted by molar-refractivity contribution is 1.05. The average molecular weight is 249 g/mol. The quantitative estimate of drug-likeness (QED) is 0.598. The SMILES string of the molecule is Cc1sc2c(ccc3c(Cl)nncc32)c1C. The van der Waals surface area contributed by atoms with E-state index in [0.29, 0.717) is 5.15 Å². The van der Waals surface area contributed by atoms with Crippen LogP contribution in [0, 0.1) is 13.8 Å². The number of hydrogen-bond acceptors (Lipinski definition) is 3. The van der Waals surface area contributed by atoms with Gasteiger partial charge in [0.15, 0.2) is 5.15 Å². The summed E-state index contributed by atoms with van der Waals surface area (Å²) in [5.74, 6) is 0. The molecule has 80 valence electrons. The predicted octanol–water partition coefficient (Wildman–Crippen LogP) is 4.11. The second kappa shape index (κ2) is 3.40. The van der Waals surface area contributed by atoms with E-state index in [-0.39, 0.29) is 0 Å². The molecule has 0 unspecified atom stereocenters. The van der Waals surface area contributed by atoms with Crippen LogP contribution in [0.4, 0.5) is 0 Å². The molecule has 0 aliphatic rings. The average Bonchev–Trinajstić information content (AvgIpc) is 2.56. The van der Waals surface area contributed by atoms with E-state index in [1.54, 1.807) is 17.5 Å². The van der Waals surface area contributed by atoms with E-state index in [9.17, 15) is 0 Å². The van der Waals surface area contributed by atoms with Crippen molar-refractivity contribution in [3.05, 3.63) is 33.9 Å². The predicted molar refractivity (Wildman–Crippen MR) is 69.4 cm³/mol. The van der Waals surface area contributed by atoms with Crippen molar-refractivity contribution in [2.24, 2.45) is 0 Å². The molecular formula is C12H9ClN2S. The summed E-state index contributed by atoms with van der Waals surface area (Å²) in [6, 6.07) is 4.14. The normalized spacial score (nSPS) is 11.4. The molecule has 0 fully saturated rings. The highest BCUT2D eigenvalue weighted by Crippen LogP contribution is 2.36. The maximum Gasteiger partial charge on any atom is 0.159 e. The summed E-state index contributed by atoms with van der Waals surface area (Å²) in [7, 11) is 0. The minimum absolute atomic E-state index is 0.475. The molecule has 0 N–H and O–H groups in total. The molecule has 0 atom stereocenters. The standard InChI is InChI=1S/C12H9ClN2S/c1-6-7(2)16-11-8(6)3-4-9-10(11)5-14-15-12(9)13/h3-5H,1-2H3. The Labute approximate surface area is 102 Å². The van der Waals surface area contributed by atoms with Crippen LogP contribution in [0.25, 0.3) is 20.9 Å². The van der Waals surface area contributed by atoms with E-state index in [1.807, 2.05) is 6.07 Å². The Morgan fingerprint density at radius 2 is 1.88 bits per heavy atom. The van der Waals surface area contributed by atoms with Crippen LogP contribution < -0.4 is 0 Å². The fourth-order valence-electron chi connectivity index (χ4n) is 1.92. The number of fused-ring (bicyclic) bond motifs is 3. The van der Waals surface area contributed by atoms with Gasteiger partial charge in [-0.05, 0) is 24.8 Å². The second-order valence-electron chi connectivity index (χ2n) is 3.82. The monoisotopic (exact) mass is 248 g/mol. The summed E-state index contributed by atoms with van der Waals surface area (Å²) in [6.07, 6.45) is 1.79. The van der Waals surface area contributed by atoms with Crippen molar-refractivity contribution in [2.75, 3.05) is 0 Å². The van der Waals surface area contributed by atoms with Crippen molar-refractivity contribution in [1.82, 2.24) is 10.2 Å². The van der Waals surface area contributed by atoms with Crippen LogP contribution in [0.1, 0.15) is 10.4 Å². The highest BCUT2D eigenvalue weighted by molar-refractivity contribution is 7.20. The molecule has 4 heteroatoms. The van der Waals surface area contributed by atoms with Crippen LogP contribution in [0.5, 0.6) is 0 Å². The van der Waals surface area contributed by atoms with Gasteiger partial charge in [-0.15, -0.1) is 16.4 Å². The lowest BCUT2D eigenvalue weighted by Gasteiger charge is -1.99. The zero-order chi connectivity index (χ0) is 11.3. The molecule has 0 saturated carbocycles. The van der Waals surface area contributed by atoms with Crippen molar-refractivity contribution in [1.29, 1.82) is 0 Å². The van der Waals surface area contributed by atoms with Crippen LogP contribution in [-0.4, -0.2) is 10.2 Å². The molecule has 2 aromatic heterocycles. The number of thiophene rings is 1. The Balaban J connectivity index is 2.60. The van der Waals surface area contributed by atoms with E-state index < -0.39 is 0 Å².